The predicted molar refractivity (Wildman–Crippen MR) is 64.0 cm³/mol. The summed E-state index contributed by atoms with van der Waals surface area (Å²) < 4.78 is 40.9. The number of nitrogens with one attached hydrogen (secondary N) is 1. The molecule has 0 aromatic heterocycles. The first kappa shape index (κ1) is 17.3. The number of ether oxygens (including phenoxy) is 3. The number of hydrogen-bond acceptors (Lipinski definition) is 6. The molecule has 0 saturated heterocycles. The fraction of sp³-hybridized carbons (Fsp3) is 0.889. The maximum absolute atomic E-state index is 11.7. The number of carbonyl (C=O) groups excluding carboxylic acids is 1. The molecule has 0 aliphatic rings. The molecule has 0 fully saturated rings. The lowest BCUT2D eigenvalue weighted by Crippen LogP contribution is -2.43. The van der Waals surface area contributed by atoms with Crippen LogP contribution >= 0.6 is 0 Å². The van der Waals surface area contributed by atoms with Gasteiger partial charge in [-0.15, -0.1) is 0 Å². The van der Waals surface area contributed by atoms with Gasteiger partial charge in [-0.1, -0.05) is 0 Å². The summed E-state index contributed by atoms with van der Waals surface area (Å²) in [4.78, 5) is 10.9. The van der Waals surface area contributed by atoms with Crippen LogP contribution in [0.3, 0.4) is 0 Å². The molecule has 1 N–H and O–H groups in total. The van der Waals surface area contributed by atoms with E-state index in [1.807, 2.05) is 0 Å². The van der Waals surface area contributed by atoms with Crippen LogP contribution in [0, 0.1) is 0 Å². The Morgan fingerprint density at radius 2 is 1.83 bits per heavy atom. The summed E-state index contributed by atoms with van der Waals surface area (Å²) in [5, 5.41) is 0. The van der Waals surface area contributed by atoms with E-state index in [2.05, 4.69) is 9.46 Å². The SMILES string of the molecule is COC(=O)CCN(C)S(=O)(=O)NCC(OC)OC. The molecule has 18 heavy (non-hydrogen) atoms. The number of methoxy groups -OCH3 is 3. The van der Waals surface area contributed by atoms with Gasteiger partial charge in [-0.05, 0) is 0 Å². The number of nitrogens with zero attached hydrogens (tertiary/aromatic N) is 1. The zero-order valence-electron chi connectivity index (χ0n) is 11.0. The molecule has 9 heteroatoms. The first-order chi connectivity index (χ1) is 8.37. The van der Waals surface area contributed by atoms with Gasteiger partial charge in [0.2, 0.25) is 0 Å². The van der Waals surface area contributed by atoms with Crippen LogP contribution in [0.4, 0.5) is 0 Å². The molecular formula is C9H20N2O6S. The topological polar surface area (TPSA) is 94.2 Å². The maximum atomic E-state index is 11.7. The molecular weight excluding hydrogens is 264 g/mol. The van der Waals surface area contributed by atoms with Crippen LogP contribution in [0.25, 0.3) is 0 Å². The van der Waals surface area contributed by atoms with E-state index in [0.29, 0.717) is 0 Å². The van der Waals surface area contributed by atoms with E-state index in [1.165, 1.54) is 28.4 Å². The summed E-state index contributed by atoms with van der Waals surface area (Å²) in [5.41, 5.74) is 0. The summed E-state index contributed by atoms with van der Waals surface area (Å²) in [7, 11) is 1.76. The van der Waals surface area contributed by atoms with E-state index < -0.39 is 22.5 Å². The molecule has 0 amide bonds. The molecule has 0 heterocycles. The van der Waals surface area contributed by atoms with Crippen molar-refractivity contribution in [3.8, 4) is 0 Å². The maximum Gasteiger partial charge on any atom is 0.306 e. The molecule has 0 spiro atoms. The Morgan fingerprint density at radius 3 is 2.28 bits per heavy atom. The Hall–Kier alpha value is -0.740. The monoisotopic (exact) mass is 284 g/mol. The largest absolute Gasteiger partial charge is 0.469 e. The minimum absolute atomic E-state index is 0.00804. The van der Waals surface area contributed by atoms with Gasteiger partial charge in [0, 0.05) is 27.8 Å². The summed E-state index contributed by atoms with van der Waals surface area (Å²) in [5.74, 6) is -0.469. The number of rotatable bonds is 9. The zero-order chi connectivity index (χ0) is 14.2. The third-order valence-electron chi connectivity index (χ3n) is 2.23. The predicted octanol–water partition coefficient (Wildman–Crippen LogP) is -1.07. The van der Waals surface area contributed by atoms with Crippen LogP contribution in [0.2, 0.25) is 0 Å². The summed E-state index contributed by atoms with van der Waals surface area (Å²) >= 11 is 0. The molecule has 0 aromatic rings. The van der Waals surface area contributed by atoms with Crippen molar-refractivity contribution in [1.29, 1.82) is 0 Å². The van der Waals surface area contributed by atoms with Crippen molar-refractivity contribution >= 4 is 16.2 Å². The van der Waals surface area contributed by atoms with Gasteiger partial charge < -0.3 is 14.2 Å². The van der Waals surface area contributed by atoms with Crippen LogP contribution < -0.4 is 4.72 Å². The third kappa shape index (κ3) is 6.26. The summed E-state index contributed by atoms with van der Waals surface area (Å²) in [6.45, 7) is 0.0184. The lowest BCUT2D eigenvalue weighted by Gasteiger charge is -2.19. The number of carbonyl (C=O) groups is 1. The fourth-order valence-electron chi connectivity index (χ4n) is 1.02. The van der Waals surface area contributed by atoms with E-state index in [4.69, 9.17) is 9.47 Å². The Labute approximate surface area is 107 Å². The third-order valence-corrected chi connectivity index (χ3v) is 3.76. The van der Waals surface area contributed by atoms with Crippen LogP contribution in [0.15, 0.2) is 0 Å². The van der Waals surface area contributed by atoms with Gasteiger partial charge >= 0.3 is 5.97 Å². The highest BCUT2D eigenvalue weighted by Gasteiger charge is 2.20. The first-order valence-corrected chi connectivity index (χ1v) is 6.64. The zero-order valence-corrected chi connectivity index (χ0v) is 11.8. The van der Waals surface area contributed by atoms with E-state index in [1.54, 1.807) is 0 Å². The van der Waals surface area contributed by atoms with Crippen LogP contribution in [-0.4, -0.2) is 66.4 Å². The van der Waals surface area contributed by atoms with Crippen molar-refractivity contribution < 1.29 is 27.4 Å². The molecule has 0 aromatic carbocycles. The van der Waals surface area contributed by atoms with Crippen molar-refractivity contribution in [2.75, 3.05) is 41.5 Å². The van der Waals surface area contributed by atoms with Crippen molar-refractivity contribution in [3.05, 3.63) is 0 Å². The van der Waals surface area contributed by atoms with E-state index in [9.17, 15) is 13.2 Å². The average Bonchev–Trinajstić information content (AvgIpc) is 2.36. The molecule has 8 nitrogen and oxygen atoms in total. The van der Waals surface area contributed by atoms with Gasteiger partial charge in [-0.25, -0.2) is 0 Å². The van der Waals surface area contributed by atoms with Gasteiger partial charge in [0.15, 0.2) is 6.29 Å². The van der Waals surface area contributed by atoms with Gasteiger partial charge in [0.1, 0.15) is 0 Å². The molecule has 0 rings (SSSR count). The van der Waals surface area contributed by atoms with Crippen molar-refractivity contribution in [3.63, 3.8) is 0 Å². The van der Waals surface area contributed by atoms with Gasteiger partial charge in [-0.3, -0.25) is 4.79 Å². The van der Waals surface area contributed by atoms with Crippen molar-refractivity contribution in [2.45, 2.75) is 12.7 Å². The van der Waals surface area contributed by atoms with Gasteiger partial charge in [0.25, 0.3) is 10.2 Å². The minimum atomic E-state index is -3.66. The van der Waals surface area contributed by atoms with Crippen molar-refractivity contribution in [2.24, 2.45) is 0 Å². The molecule has 0 radical (unpaired) electrons. The lowest BCUT2D eigenvalue weighted by molar-refractivity contribution is -0.140. The van der Waals surface area contributed by atoms with E-state index in [0.717, 1.165) is 4.31 Å². The second-order valence-corrected chi connectivity index (χ2v) is 5.26. The highest BCUT2D eigenvalue weighted by atomic mass is 32.2. The van der Waals surface area contributed by atoms with E-state index in [-0.39, 0.29) is 19.5 Å². The second-order valence-electron chi connectivity index (χ2n) is 3.40. The Kier molecular flexibility index (Phi) is 8.03. The molecule has 0 unspecified atom stereocenters. The molecule has 0 aliphatic heterocycles. The molecule has 108 valence electrons. The quantitative estimate of drug-likeness (QED) is 0.428. The molecule has 0 atom stereocenters. The molecule has 0 bridgehead atoms. The van der Waals surface area contributed by atoms with Crippen molar-refractivity contribution in [1.82, 2.24) is 9.03 Å². The first-order valence-electron chi connectivity index (χ1n) is 5.20. The van der Waals surface area contributed by atoms with Crippen LogP contribution in [0.5, 0.6) is 0 Å². The van der Waals surface area contributed by atoms with Gasteiger partial charge in [0.05, 0.1) is 20.1 Å². The second kappa shape index (κ2) is 8.38. The van der Waals surface area contributed by atoms with Crippen LogP contribution in [0.1, 0.15) is 6.42 Å². The number of esters is 1. The average molecular weight is 284 g/mol. The van der Waals surface area contributed by atoms with E-state index >= 15 is 0 Å². The minimum Gasteiger partial charge on any atom is -0.469 e. The van der Waals surface area contributed by atoms with Gasteiger partial charge in [-0.2, -0.15) is 17.4 Å². The van der Waals surface area contributed by atoms with Crippen LogP contribution in [-0.2, 0) is 29.2 Å². The standard InChI is InChI=1S/C9H20N2O6S/c1-11(6-5-8(12)15-2)18(13,14)10-7-9(16-3)17-4/h9-10H,5-7H2,1-4H3. The fourth-order valence-corrected chi connectivity index (χ4v) is 1.92. The highest BCUT2D eigenvalue weighted by molar-refractivity contribution is 7.87. The smallest absolute Gasteiger partial charge is 0.306 e. The molecule has 0 aliphatic carbocycles. The summed E-state index contributed by atoms with van der Waals surface area (Å²) in [6.07, 6.45) is -0.667. The summed E-state index contributed by atoms with van der Waals surface area (Å²) in [6, 6.07) is 0. The normalized spacial score (nSPS) is 12.1. The number of hydrogen-bond donors (Lipinski definition) is 1. The molecule has 0 saturated carbocycles. The Bertz CT molecular complexity index is 341. The Balaban J connectivity index is 4.23. The lowest BCUT2D eigenvalue weighted by atomic mass is 10.4. The highest BCUT2D eigenvalue weighted by Crippen LogP contribution is 1.98. The Morgan fingerprint density at radius 1 is 1.28 bits per heavy atom.